The van der Waals surface area contributed by atoms with E-state index in [9.17, 15) is 13.2 Å². The monoisotopic (exact) mass is 401 g/mol. The fraction of sp³-hybridized carbons (Fsp3) is 0.611. The smallest absolute Gasteiger partial charge is 0.253 e. The van der Waals surface area contributed by atoms with Crippen LogP contribution < -0.4 is 5.32 Å². The van der Waals surface area contributed by atoms with Gasteiger partial charge in [-0.2, -0.15) is 4.31 Å². The Bertz CT molecular complexity index is 703. The predicted molar refractivity (Wildman–Crippen MR) is 105 cm³/mol. The van der Waals surface area contributed by atoms with Crippen LogP contribution in [0.25, 0.3) is 0 Å². The minimum absolute atomic E-state index is 0.0581. The highest BCUT2D eigenvalue weighted by Crippen LogP contribution is 2.15. The summed E-state index contributed by atoms with van der Waals surface area (Å²) < 4.78 is 26.7. The molecule has 0 radical (unpaired) electrons. The summed E-state index contributed by atoms with van der Waals surface area (Å²) in [5, 5.41) is 3.64. The number of rotatable bonds is 8. The number of carbonyl (C=O) groups excluding carboxylic acids is 1. The molecule has 1 heterocycles. The molecule has 0 saturated carbocycles. The van der Waals surface area contributed by atoms with Gasteiger partial charge in [0.25, 0.3) is 5.91 Å². The molecule has 146 valence electrons. The quantitative estimate of drug-likeness (QED) is 0.723. The van der Waals surface area contributed by atoms with Crippen LogP contribution in [-0.4, -0.2) is 68.6 Å². The zero-order valence-corrected chi connectivity index (χ0v) is 17.0. The number of piperazine rings is 1. The maximum absolute atomic E-state index is 12.9. The van der Waals surface area contributed by atoms with Crippen molar-refractivity contribution in [1.82, 2.24) is 14.5 Å². The van der Waals surface area contributed by atoms with Gasteiger partial charge in [0.2, 0.25) is 10.0 Å². The number of sulfonamides is 1. The highest BCUT2D eigenvalue weighted by Gasteiger charge is 2.26. The number of amides is 1. The van der Waals surface area contributed by atoms with Crippen LogP contribution in [0.5, 0.6) is 0 Å². The fourth-order valence-corrected chi connectivity index (χ4v) is 4.45. The third-order valence-electron chi connectivity index (χ3n) is 4.42. The van der Waals surface area contributed by atoms with Crippen molar-refractivity contribution in [3.05, 3.63) is 34.9 Å². The van der Waals surface area contributed by atoms with E-state index in [1.54, 1.807) is 29.2 Å². The first-order valence-electron chi connectivity index (χ1n) is 9.03. The van der Waals surface area contributed by atoms with Gasteiger partial charge in [-0.25, -0.2) is 8.42 Å². The molecule has 8 heteroatoms. The zero-order chi connectivity index (χ0) is 19.2. The number of halogens is 1. The second kappa shape index (κ2) is 9.69. The van der Waals surface area contributed by atoms with E-state index in [0.29, 0.717) is 49.2 Å². The summed E-state index contributed by atoms with van der Waals surface area (Å²) in [6.45, 7) is 7.17. The van der Waals surface area contributed by atoms with Crippen LogP contribution in [0.15, 0.2) is 24.3 Å². The molecule has 2 rings (SSSR count). The van der Waals surface area contributed by atoms with Crippen molar-refractivity contribution < 1.29 is 13.2 Å². The Morgan fingerprint density at radius 3 is 2.58 bits per heavy atom. The number of nitrogens with one attached hydrogen (secondary N) is 1. The van der Waals surface area contributed by atoms with E-state index in [-0.39, 0.29) is 18.2 Å². The Kier molecular flexibility index (Phi) is 7.88. The molecule has 6 nitrogen and oxygen atoms in total. The van der Waals surface area contributed by atoms with E-state index in [1.807, 2.05) is 0 Å². The molecule has 1 aliphatic heterocycles. The van der Waals surface area contributed by atoms with Crippen molar-refractivity contribution in [2.45, 2.75) is 20.3 Å². The third kappa shape index (κ3) is 6.23. The number of nitrogens with zero attached hydrogens (tertiary/aromatic N) is 2. The van der Waals surface area contributed by atoms with Gasteiger partial charge in [0.05, 0.1) is 5.75 Å². The first kappa shape index (κ1) is 21.2. The third-order valence-corrected chi connectivity index (χ3v) is 6.51. The maximum atomic E-state index is 12.9. The van der Waals surface area contributed by atoms with E-state index in [2.05, 4.69) is 19.2 Å². The largest absolute Gasteiger partial charge is 0.338 e. The lowest BCUT2D eigenvalue weighted by Crippen LogP contribution is -2.48. The van der Waals surface area contributed by atoms with Gasteiger partial charge in [-0.05, 0) is 30.5 Å². The van der Waals surface area contributed by atoms with Gasteiger partial charge in [-0.3, -0.25) is 4.79 Å². The van der Waals surface area contributed by atoms with E-state index in [4.69, 9.17) is 11.6 Å². The van der Waals surface area contributed by atoms with E-state index in [1.165, 1.54) is 4.31 Å². The van der Waals surface area contributed by atoms with Crippen LogP contribution >= 0.6 is 11.6 Å². The Morgan fingerprint density at radius 2 is 1.96 bits per heavy atom. The summed E-state index contributed by atoms with van der Waals surface area (Å²) in [6.07, 6.45) is 0.819. The van der Waals surface area contributed by atoms with Gasteiger partial charge in [0, 0.05) is 49.9 Å². The van der Waals surface area contributed by atoms with E-state index < -0.39 is 10.0 Å². The summed E-state index contributed by atoms with van der Waals surface area (Å²) in [4.78, 5) is 14.5. The molecule has 26 heavy (non-hydrogen) atoms. The normalized spacial score (nSPS) is 16.0. The minimum atomic E-state index is -3.37. The molecule has 0 spiro atoms. The summed E-state index contributed by atoms with van der Waals surface area (Å²) in [6, 6.07) is 6.78. The maximum Gasteiger partial charge on any atom is 0.253 e. The number of benzene rings is 1. The molecule has 1 fully saturated rings. The summed E-state index contributed by atoms with van der Waals surface area (Å²) in [5.74, 6) is 0.190. The molecular weight excluding hydrogens is 374 g/mol. The van der Waals surface area contributed by atoms with Crippen LogP contribution in [0.3, 0.4) is 0 Å². The summed E-state index contributed by atoms with van der Waals surface area (Å²) >= 11 is 5.99. The first-order valence-corrected chi connectivity index (χ1v) is 11.0. The predicted octanol–water partition coefficient (Wildman–Crippen LogP) is 2.06. The Morgan fingerprint density at radius 1 is 1.27 bits per heavy atom. The molecule has 1 aromatic carbocycles. The Hall–Kier alpha value is -1.15. The molecule has 0 bridgehead atoms. The van der Waals surface area contributed by atoms with Gasteiger partial charge in [-0.1, -0.05) is 31.5 Å². The number of carbonyl (C=O) groups is 1. The average Bonchev–Trinajstić information content (AvgIpc) is 2.62. The van der Waals surface area contributed by atoms with Crippen molar-refractivity contribution in [3.63, 3.8) is 0 Å². The Labute approximate surface area is 161 Å². The Balaban J connectivity index is 2.07. The van der Waals surface area contributed by atoms with Crippen LogP contribution in [-0.2, 0) is 10.0 Å². The molecule has 0 unspecified atom stereocenters. The molecule has 1 N–H and O–H groups in total. The molecule has 0 aliphatic carbocycles. The second-order valence-corrected chi connectivity index (χ2v) is 9.48. The lowest BCUT2D eigenvalue weighted by Gasteiger charge is -2.29. The standard InChI is InChI=1S/C18H28ClN3O3S/c1-15(2)6-9-21(18(23)16-4-3-5-17(19)14-16)12-13-26(24,25)22-10-7-20-8-11-22/h3-5,14-15,20H,6-13H2,1-2H3. The van der Waals surface area contributed by atoms with Crippen molar-refractivity contribution >= 4 is 27.5 Å². The average molecular weight is 402 g/mol. The van der Waals surface area contributed by atoms with Gasteiger partial charge in [0.1, 0.15) is 0 Å². The number of hydrogen-bond donors (Lipinski definition) is 1. The van der Waals surface area contributed by atoms with Crippen LogP contribution in [0, 0.1) is 5.92 Å². The first-order chi connectivity index (χ1) is 12.3. The highest BCUT2D eigenvalue weighted by atomic mass is 35.5. The highest BCUT2D eigenvalue weighted by molar-refractivity contribution is 7.89. The molecule has 1 saturated heterocycles. The van der Waals surface area contributed by atoms with Crippen LogP contribution in [0.4, 0.5) is 0 Å². The van der Waals surface area contributed by atoms with Crippen molar-refractivity contribution in [2.24, 2.45) is 5.92 Å². The molecule has 1 aliphatic rings. The molecule has 1 amide bonds. The summed E-state index contributed by atoms with van der Waals surface area (Å²) in [5.41, 5.74) is 0.487. The van der Waals surface area contributed by atoms with Gasteiger partial charge in [-0.15, -0.1) is 0 Å². The molecular formula is C18H28ClN3O3S. The van der Waals surface area contributed by atoms with Gasteiger partial charge in [0.15, 0.2) is 0 Å². The zero-order valence-electron chi connectivity index (χ0n) is 15.4. The lowest BCUT2D eigenvalue weighted by molar-refractivity contribution is 0.0758. The SMILES string of the molecule is CC(C)CCN(CCS(=O)(=O)N1CCNCC1)C(=O)c1cccc(Cl)c1. The van der Waals surface area contributed by atoms with Crippen molar-refractivity contribution in [3.8, 4) is 0 Å². The molecule has 0 aromatic heterocycles. The van der Waals surface area contributed by atoms with E-state index in [0.717, 1.165) is 6.42 Å². The summed E-state index contributed by atoms with van der Waals surface area (Å²) in [7, 11) is -3.37. The van der Waals surface area contributed by atoms with E-state index >= 15 is 0 Å². The molecule has 1 aromatic rings. The van der Waals surface area contributed by atoms with Crippen molar-refractivity contribution in [1.29, 1.82) is 0 Å². The van der Waals surface area contributed by atoms with Crippen LogP contribution in [0.2, 0.25) is 5.02 Å². The van der Waals surface area contributed by atoms with Gasteiger partial charge >= 0.3 is 0 Å². The second-order valence-electron chi connectivity index (χ2n) is 6.95. The minimum Gasteiger partial charge on any atom is -0.338 e. The fourth-order valence-electron chi connectivity index (χ4n) is 2.81. The topological polar surface area (TPSA) is 69.7 Å². The lowest BCUT2D eigenvalue weighted by atomic mass is 10.1. The molecule has 0 atom stereocenters. The number of hydrogen-bond acceptors (Lipinski definition) is 4. The van der Waals surface area contributed by atoms with Crippen molar-refractivity contribution in [2.75, 3.05) is 45.0 Å². The van der Waals surface area contributed by atoms with Gasteiger partial charge < -0.3 is 10.2 Å². The van der Waals surface area contributed by atoms with Crippen LogP contribution in [0.1, 0.15) is 30.6 Å².